The summed E-state index contributed by atoms with van der Waals surface area (Å²) in [5.74, 6) is 1.35. The van der Waals surface area contributed by atoms with Crippen LogP contribution in [0, 0.1) is 0 Å². The molecule has 2 aromatic carbocycles. The molecule has 4 rings (SSSR count). The van der Waals surface area contributed by atoms with Gasteiger partial charge in [-0.2, -0.15) is 17.0 Å². The second-order valence-corrected chi connectivity index (χ2v) is 9.37. The Hall–Kier alpha value is -3.50. The minimum Gasteiger partial charge on any atom is -0.461 e. The van der Waals surface area contributed by atoms with Gasteiger partial charge in [0.05, 0.1) is 12.4 Å². The van der Waals surface area contributed by atoms with Gasteiger partial charge >= 0.3 is 5.97 Å². The fourth-order valence-electron chi connectivity index (χ4n) is 3.92. The van der Waals surface area contributed by atoms with E-state index in [1.165, 1.54) is 0 Å². The fourth-order valence-corrected chi connectivity index (χ4v) is 4.40. The molecule has 0 bridgehead atoms. The maximum Gasteiger partial charge on any atom is 0.357 e. The molecule has 0 fully saturated rings. The van der Waals surface area contributed by atoms with Crippen LogP contribution < -0.4 is 0 Å². The number of tetrazole rings is 1. The number of benzene rings is 2. The van der Waals surface area contributed by atoms with Crippen molar-refractivity contribution in [2.75, 3.05) is 12.9 Å². The van der Waals surface area contributed by atoms with E-state index in [9.17, 15) is 9.90 Å². The first-order chi connectivity index (χ1) is 16.8. The standard InChI is InChI=1S/C25H28N6O3S/c1-5-34-24(32)21-22(25(2,3)33)26-20(15-35-4)31(21)14-16-10-12-17(13-11-16)18-8-6-7-9-19(18)23-27-29-30-28-23/h6-13,33H,5,14-15H2,1-4H3,(H,27,28,29,30). The molecule has 182 valence electrons. The first-order valence-corrected chi connectivity index (χ1v) is 12.6. The highest BCUT2D eigenvalue weighted by Crippen LogP contribution is 2.31. The van der Waals surface area contributed by atoms with Crippen molar-refractivity contribution in [3.8, 4) is 22.5 Å². The molecule has 2 heterocycles. The Morgan fingerprint density at radius 3 is 2.46 bits per heavy atom. The maximum absolute atomic E-state index is 12.9. The summed E-state index contributed by atoms with van der Waals surface area (Å²) in [5.41, 5.74) is 3.18. The highest BCUT2D eigenvalue weighted by Gasteiger charge is 2.32. The first kappa shape index (κ1) is 24.6. The fraction of sp³-hybridized carbons (Fsp3) is 0.320. The van der Waals surface area contributed by atoms with Crippen molar-refractivity contribution in [2.45, 2.75) is 38.7 Å². The van der Waals surface area contributed by atoms with Crippen molar-refractivity contribution in [1.82, 2.24) is 30.2 Å². The zero-order valence-corrected chi connectivity index (χ0v) is 21.0. The first-order valence-electron chi connectivity index (χ1n) is 11.2. The van der Waals surface area contributed by atoms with Gasteiger partial charge < -0.3 is 14.4 Å². The second kappa shape index (κ2) is 10.4. The second-order valence-electron chi connectivity index (χ2n) is 8.50. The van der Waals surface area contributed by atoms with Crippen molar-refractivity contribution in [3.63, 3.8) is 0 Å². The average Bonchev–Trinajstić information content (AvgIpc) is 3.49. The van der Waals surface area contributed by atoms with Gasteiger partial charge in [0.1, 0.15) is 17.1 Å². The van der Waals surface area contributed by atoms with Crippen LogP contribution in [0.3, 0.4) is 0 Å². The van der Waals surface area contributed by atoms with Crippen molar-refractivity contribution in [2.24, 2.45) is 0 Å². The number of imidazole rings is 1. The van der Waals surface area contributed by atoms with E-state index in [1.54, 1.807) is 32.5 Å². The molecule has 0 atom stereocenters. The summed E-state index contributed by atoms with van der Waals surface area (Å²) in [6, 6.07) is 16.0. The normalized spacial score (nSPS) is 11.6. The van der Waals surface area contributed by atoms with E-state index in [1.807, 2.05) is 59.4 Å². The molecule has 0 amide bonds. The largest absolute Gasteiger partial charge is 0.461 e. The number of hydrogen-bond donors (Lipinski definition) is 2. The maximum atomic E-state index is 12.9. The lowest BCUT2D eigenvalue weighted by Gasteiger charge is -2.17. The van der Waals surface area contributed by atoms with Crippen LogP contribution in [0.15, 0.2) is 48.5 Å². The van der Waals surface area contributed by atoms with Gasteiger partial charge in [-0.15, -0.1) is 10.2 Å². The number of rotatable bonds is 9. The Labute approximate surface area is 207 Å². The molecule has 0 unspecified atom stereocenters. The quantitative estimate of drug-likeness (QED) is 0.336. The molecule has 10 heteroatoms. The molecule has 0 aliphatic heterocycles. The summed E-state index contributed by atoms with van der Waals surface area (Å²) in [4.78, 5) is 17.6. The van der Waals surface area contributed by atoms with Crippen LogP contribution in [-0.2, 0) is 22.6 Å². The highest BCUT2D eigenvalue weighted by molar-refractivity contribution is 7.97. The number of ether oxygens (including phenoxy) is 1. The molecule has 0 spiro atoms. The van der Waals surface area contributed by atoms with Crippen LogP contribution in [0.25, 0.3) is 22.5 Å². The third-order valence-corrected chi connectivity index (χ3v) is 6.03. The number of aromatic nitrogens is 6. The molecule has 2 N–H and O–H groups in total. The van der Waals surface area contributed by atoms with E-state index in [2.05, 4.69) is 25.6 Å². The summed E-state index contributed by atoms with van der Waals surface area (Å²) >= 11 is 1.60. The SMILES string of the molecule is CCOC(=O)c1c(C(C)(C)O)nc(CSC)n1Cc1ccc(-c2ccccc2-c2nn[nH]n2)cc1. The Morgan fingerprint density at radius 1 is 1.14 bits per heavy atom. The van der Waals surface area contributed by atoms with Gasteiger partial charge in [0.15, 0.2) is 5.69 Å². The van der Waals surface area contributed by atoms with Gasteiger partial charge in [0, 0.05) is 12.1 Å². The van der Waals surface area contributed by atoms with E-state index in [0.717, 1.165) is 22.3 Å². The number of hydrogen-bond acceptors (Lipinski definition) is 8. The topological polar surface area (TPSA) is 119 Å². The van der Waals surface area contributed by atoms with Crippen molar-refractivity contribution >= 4 is 17.7 Å². The molecule has 2 aromatic heterocycles. The number of carbonyl (C=O) groups excluding carboxylic acids is 1. The molecule has 0 saturated heterocycles. The Kier molecular flexibility index (Phi) is 7.32. The Balaban J connectivity index is 1.71. The number of aliphatic hydroxyl groups is 1. The number of carbonyl (C=O) groups is 1. The zero-order chi connectivity index (χ0) is 25.0. The van der Waals surface area contributed by atoms with Crippen LogP contribution in [0.4, 0.5) is 0 Å². The number of thioether (sulfide) groups is 1. The number of nitrogens with one attached hydrogen (secondary N) is 1. The molecule has 4 aromatic rings. The van der Waals surface area contributed by atoms with Crippen LogP contribution in [0.1, 0.15) is 48.3 Å². The molecule has 0 aliphatic rings. The van der Waals surface area contributed by atoms with Crippen LogP contribution in [0.5, 0.6) is 0 Å². The number of esters is 1. The third kappa shape index (κ3) is 5.28. The summed E-state index contributed by atoms with van der Waals surface area (Å²) < 4.78 is 7.17. The average molecular weight is 493 g/mol. The molecule has 35 heavy (non-hydrogen) atoms. The summed E-state index contributed by atoms with van der Waals surface area (Å²) in [6.07, 6.45) is 1.97. The van der Waals surface area contributed by atoms with Gasteiger partial charge in [-0.3, -0.25) is 0 Å². The lowest BCUT2D eigenvalue weighted by molar-refractivity contribution is 0.0469. The van der Waals surface area contributed by atoms with E-state index < -0.39 is 11.6 Å². The monoisotopic (exact) mass is 492 g/mol. The van der Waals surface area contributed by atoms with Gasteiger partial charge in [0.2, 0.25) is 5.82 Å². The van der Waals surface area contributed by atoms with Crippen molar-refractivity contribution in [3.05, 3.63) is 71.3 Å². The summed E-state index contributed by atoms with van der Waals surface area (Å²) in [6.45, 7) is 5.67. The predicted molar refractivity (Wildman–Crippen MR) is 135 cm³/mol. The number of nitrogens with zero attached hydrogens (tertiary/aromatic N) is 5. The highest BCUT2D eigenvalue weighted by atomic mass is 32.2. The molecular formula is C25H28N6O3S. The zero-order valence-electron chi connectivity index (χ0n) is 20.1. The lowest BCUT2D eigenvalue weighted by Crippen LogP contribution is -2.23. The van der Waals surface area contributed by atoms with Gasteiger partial charge in [-0.25, -0.2) is 9.78 Å². The van der Waals surface area contributed by atoms with Gasteiger partial charge in [-0.05, 0) is 48.9 Å². The minimum absolute atomic E-state index is 0.238. The Morgan fingerprint density at radius 2 is 1.86 bits per heavy atom. The van der Waals surface area contributed by atoms with Crippen LogP contribution in [0.2, 0.25) is 0 Å². The van der Waals surface area contributed by atoms with Crippen molar-refractivity contribution in [1.29, 1.82) is 0 Å². The van der Waals surface area contributed by atoms with Crippen LogP contribution >= 0.6 is 11.8 Å². The molecule has 0 radical (unpaired) electrons. The number of aromatic amines is 1. The molecular weight excluding hydrogens is 464 g/mol. The Bertz CT molecular complexity index is 1290. The molecule has 0 saturated carbocycles. The molecule has 9 nitrogen and oxygen atoms in total. The van der Waals surface area contributed by atoms with E-state index in [4.69, 9.17) is 4.74 Å². The predicted octanol–water partition coefficient (Wildman–Crippen LogP) is 4.05. The summed E-state index contributed by atoms with van der Waals surface area (Å²) in [7, 11) is 0. The van der Waals surface area contributed by atoms with Gasteiger partial charge in [-0.1, -0.05) is 48.5 Å². The smallest absolute Gasteiger partial charge is 0.357 e. The van der Waals surface area contributed by atoms with Crippen molar-refractivity contribution < 1.29 is 14.6 Å². The van der Waals surface area contributed by atoms with Crippen LogP contribution in [-0.4, -0.2) is 54.1 Å². The summed E-state index contributed by atoms with van der Waals surface area (Å²) in [5, 5.41) is 25.1. The lowest BCUT2D eigenvalue weighted by atomic mass is 9.98. The minimum atomic E-state index is -1.29. The molecule has 0 aliphatic carbocycles. The number of H-pyrrole nitrogens is 1. The van der Waals surface area contributed by atoms with E-state index in [-0.39, 0.29) is 12.3 Å². The van der Waals surface area contributed by atoms with Gasteiger partial charge in [0.25, 0.3) is 0 Å². The van der Waals surface area contributed by atoms with E-state index in [0.29, 0.717) is 29.6 Å². The van der Waals surface area contributed by atoms with E-state index >= 15 is 0 Å². The third-order valence-electron chi connectivity index (χ3n) is 5.49.